The lowest BCUT2D eigenvalue weighted by Gasteiger charge is -2.06. The second-order valence-corrected chi connectivity index (χ2v) is 5.23. The van der Waals surface area contributed by atoms with Gasteiger partial charge in [-0.3, -0.25) is 10.1 Å². The lowest BCUT2D eigenvalue weighted by Crippen LogP contribution is -2.00. The molecule has 0 saturated carbocycles. The fourth-order valence-corrected chi connectivity index (χ4v) is 2.69. The van der Waals surface area contributed by atoms with Crippen LogP contribution in [0.5, 0.6) is 0 Å². The second-order valence-electron chi connectivity index (χ2n) is 4.17. The van der Waals surface area contributed by atoms with E-state index in [4.69, 9.17) is 5.11 Å². The minimum atomic E-state index is -1.04. The maximum Gasteiger partial charge on any atom is 0.335 e. The van der Waals surface area contributed by atoms with Crippen LogP contribution in [-0.4, -0.2) is 21.0 Å². The average molecular weight is 304 g/mol. The van der Waals surface area contributed by atoms with Gasteiger partial charge in [-0.25, -0.2) is 9.78 Å². The minimum absolute atomic E-state index is 0.0249. The van der Waals surface area contributed by atoms with Crippen LogP contribution in [0, 0.1) is 10.1 Å². The lowest BCUT2D eigenvalue weighted by atomic mass is 10.2. The van der Waals surface area contributed by atoms with E-state index < -0.39 is 10.9 Å². The van der Waals surface area contributed by atoms with Crippen LogP contribution < -0.4 is 0 Å². The molecule has 0 aliphatic rings. The summed E-state index contributed by atoms with van der Waals surface area (Å²) in [4.78, 5) is 26.4. The minimum Gasteiger partial charge on any atom is -0.478 e. The molecule has 1 aromatic heterocycles. The van der Waals surface area contributed by atoms with Gasteiger partial charge < -0.3 is 5.11 Å². The maximum atomic E-state index is 11.1. The zero-order valence-corrected chi connectivity index (χ0v) is 12.0. The highest BCUT2D eigenvalue weighted by molar-refractivity contribution is 7.99. The van der Waals surface area contributed by atoms with Crippen LogP contribution in [0.2, 0.25) is 0 Å². The molecule has 1 N–H and O–H groups in total. The topological polar surface area (TPSA) is 93.3 Å². The van der Waals surface area contributed by atoms with Gasteiger partial charge in [0.25, 0.3) is 5.69 Å². The van der Waals surface area contributed by atoms with E-state index in [-0.39, 0.29) is 11.3 Å². The molecule has 0 spiro atoms. The quantitative estimate of drug-likeness (QED) is 0.672. The number of para-hydroxylation sites is 1. The molecule has 0 radical (unpaired) electrons. The number of nitrogens with zero attached hydrogens (tertiary/aromatic N) is 2. The third-order valence-electron chi connectivity index (χ3n) is 2.74. The van der Waals surface area contributed by atoms with Crippen molar-refractivity contribution in [3.63, 3.8) is 0 Å². The number of hydrogen-bond donors (Lipinski definition) is 1. The van der Waals surface area contributed by atoms with Crippen molar-refractivity contribution >= 4 is 23.4 Å². The van der Waals surface area contributed by atoms with Crippen molar-refractivity contribution < 1.29 is 14.8 Å². The largest absolute Gasteiger partial charge is 0.478 e. The highest BCUT2D eigenvalue weighted by Crippen LogP contribution is 2.34. The molecule has 0 bridgehead atoms. The monoisotopic (exact) mass is 304 g/mol. The van der Waals surface area contributed by atoms with Gasteiger partial charge in [0.1, 0.15) is 5.03 Å². The zero-order chi connectivity index (χ0) is 15.4. The normalized spacial score (nSPS) is 10.3. The van der Waals surface area contributed by atoms with Crippen LogP contribution in [0.25, 0.3) is 0 Å². The number of rotatable bonds is 5. The molecule has 0 unspecified atom stereocenters. The van der Waals surface area contributed by atoms with Crippen molar-refractivity contribution in [1.29, 1.82) is 0 Å². The van der Waals surface area contributed by atoms with Gasteiger partial charge in [-0.15, -0.1) is 0 Å². The molecule has 0 saturated heterocycles. The van der Waals surface area contributed by atoms with E-state index in [9.17, 15) is 14.9 Å². The molecule has 0 aliphatic carbocycles. The molecular weight excluding hydrogens is 292 g/mol. The Balaban J connectivity index is 2.42. The molecule has 2 aromatic rings. The van der Waals surface area contributed by atoms with Crippen LogP contribution in [0.15, 0.2) is 46.3 Å². The summed E-state index contributed by atoms with van der Waals surface area (Å²) in [6.07, 6.45) is 0.589. The summed E-state index contributed by atoms with van der Waals surface area (Å²) in [5.41, 5.74) is 0.738. The van der Waals surface area contributed by atoms with Gasteiger partial charge in [0, 0.05) is 11.8 Å². The summed E-state index contributed by atoms with van der Waals surface area (Å²) < 4.78 is 0. The van der Waals surface area contributed by atoms with Crippen molar-refractivity contribution in [3.8, 4) is 0 Å². The van der Waals surface area contributed by atoms with Gasteiger partial charge in [0.05, 0.1) is 15.4 Å². The molecule has 1 aromatic carbocycles. The van der Waals surface area contributed by atoms with Crippen molar-refractivity contribution in [2.75, 3.05) is 0 Å². The van der Waals surface area contributed by atoms with Gasteiger partial charge in [-0.2, -0.15) is 0 Å². The number of hydrogen-bond acceptors (Lipinski definition) is 5. The Labute approximate surface area is 125 Å². The molecule has 6 nitrogen and oxygen atoms in total. The Morgan fingerprint density at radius 1 is 1.38 bits per heavy atom. The summed E-state index contributed by atoms with van der Waals surface area (Å²) >= 11 is 1.09. The summed E-state index contributed by atoms with van der Waals surface area (Å²) in [7, 11) is 0. The molecule has 0 amide bonds. The Bertz CT molecular complexity index is 703. The summed E-state index contributed by atoms with van der Waals surface area (Å²) in [5.74, 6) is -1.04. The molecule has 0 fully saturated rings. The number of aromatic nitrogens is 1. The molecule has 0 atom stereocenters. The Morgan fingerprint density at radius 2 is 2.10 bits per heavy atom. The van der Waals surface area contributed by atoms with Crippen LogP contribution in [0.1, 0.15) is 23.0 Å². The van der Waals surface area contributed by atoms with Gasteiger partial charge in [0.15, 0.2) is 0 Å². The number of carboxylic acid groups (broad SMARTS) is 1. The summed E-state index contributed by atoms with van der Waals surface area (Å²) in [5, 5.41) is 20.5. The van der Waals surface area contributed by atoms with E-state index in [1.165, 1.54) is 18.2 Å². The Hall–Kier alpha value is -2.41. The molecule has 0 aliphatic heterocycles. The van der Waals surface area contributed by atoms with Gasteiger partial charge >= 0.3 is 5.97 Å². The third kappa shape index (κ3) is 3.57. The molecule has 21 heavy (non-hydrogen) atoms. The van der Waals surface area contributed by atoms with E-state index in [0.717, 1.165) is 11.8 Å². The molecular formula is C14H12N2O4S. The number of aromatic carboxylic acids is 1. The van der Waals surface area contributed by atoms with Gasteiger partial charge in [-0.05, 0) is 24.6 Å². The number of nitro groups is 1. The number of nitro benzene ring substituents is 1. The fourth-order valence-electron chi connectivity index (χ4n) is 1.72. The standard InChI is InChI=1S/C14H12N2O4S/c1-2-10-7-9(14(17)18)8-13(15-10)21-12-6-4-3-5-11(12)16(19)20/h3-8H,2H2,1H3,(H,17,18). The van der Waals surface area contributed by atoms with Crippen molar-refractivity contribution in [1.82, 2.24) is 4.98 Å². The number of pyridine rings is 1. The van der Waals surface area contributed by atoms with Crippen LogP contribution in [-0.2, 0) is 6.42 Å². The fraction of sp³-hybridized carbons (Fsp3) is 0.143. The van der Waals surface area contributed by atoms with Crippen molar-refractivity contribution in [2.24, 2.45) is 0 Å². The maximum absolute atomic E-state index is 11.1. The number of aryl methyl sites for hydroxylation is 1. The summed E-state index contributed by atoms with van der Waals surface area (Å²) in [6.45, 7) is 1.87. The van der Waals surface area contributed by atoms with E-state index in [0.29, 0.717) is 22.0 Å². The van der Waals surface area contributed by atoms with E-state index >= 15 is 0 Å². The smallest absolute Gasteiger partial charge is 0.335 e. The number of carboxylic acids is 1. The van der Waals surface area contributed by atoms with Crippen LogP contribution in [0.3, 0.4) is 0 Å². The molecule has 1 heterocycles. The highest BCUT2D eigenvalue weighted by atomic mass is 32.2. The summed E-state index contributed by atoms with van der Waals surface area (Å²) in [6, 6.07) is 9.22. The molecule has 7 heteroatoms. The van der Waals surface area contributed by atoms with E-state index in [1.807, 2.05) is 6.92 Å². The van der Waals surface area contributed by atoms with E-state index in [1.54, 1.807) is 18.2 Å². The first kappa shape index (κ1) is 15.0. The number of benzene rings is 1. The zero-order valence-electron chi connectivity index (χ0n) is 11.1. The molecule has 2 rings (SSSR count). The van der Waals surface area contributed by atoms with Crippen LogP contribution >= 0.6 is 11.8 Å². The molecule has 108 valence electrons. The average Bonchev–Trinajstić information content (AvgIpc) is 2.47. The lowest BCUT2D eigenvalue weighted by molar-refractivity contribution is -0.387. The predicted octanol–water partition coefficient (Wildman–Crippen LogP) is 3.40. The number of carbonyl (C=O) groups is 1. The first-order valence-electron chi connectivity index (χ1n) is 6.16. The SMILES string of the molecule is CCc1cc(C(=O)O)cc(Sc2ccccc2[N+](=O)[O-])n1. The van der Waals surface area contributed by atoms with E-state index in [2.05, 4.69) is 4.98 Å². The van der Waals surface area contributed by atoms with Crippen molar-refractivity contribution in [3.05, 3.63) is 57.8 Å². The van der Waals surface area contributed by atoms with Crippen LogP contribution in [0.4, 0.5) is 5.69 Å². The van der Waals surface area contributed by atoms with Crippen molar-refractivity contribution in [2.45, 2.75) is 23.3 Å². The van der Waals surface area contributed by atoms with Gasteiger partial charge in [-0.1, -0.05) is 30.8 Å². The van der Waals surface area contributed by atoms with Gasteiger partial charge in [0.2, 0.25) is 0 Å². The first-order valence-corrected chi connectivity index (χ1v) is 6.98. The Morgan fingerprint density at radius 3 is 2.71 bits per heavy atom. The highest BCUT2D eigenvalue weighted by Gasteiger charge is 2.15. The Kier molecular flexibility index (Phi) is 4.54. The predicted molar refractivity (Wildman–Crippen MR) is 77.8 cm³/mol. The second kappa shape index (κ2) is 6.36. The first-order chi connectivity index (χ1) is 10.0. The third-order valence-corrected chi connectivity index (χ3v) is 3.72.